The molecule has 1 amide bonds. The standard InChI is InChI=1S/C9H13NO2/c1-9(12)4-5-10-7(6-9)2-3-8(10)11/h6,12H,2-5H2,1H3. The molecular formula is C9H13NO2. The lowest BCUT2D eigenvalue weighted by Gasteiger charge is -2.31. The molecule has 1 unspecified atom stereocenters. The van der Waals surface area contributed by atoms with Gasteiger partial charge in [-0.15, -0.1) is 0 Å². The third kappa shape index (κ3) is 1.14. The number of carbonyl (C=O) groups excluding carboxylic acids is 1. The Hall–Kier alpha value is -0.830. The lowest BCUT2D eigenvalue weighted by Crippen LogP contribution is -2.37. The fraction of sp³-hybridized carbons (Fsp3) is 0.667. The number of rotatable bonds is 0. The van der Waals surface area contributed by atoms with Gasteiger partial charge in [0.2, 0.25) is 5.91 Å². The molecule has 1 N–H and O–H groups in total. The summed E-state index contributed by atoms with van der Waals surface area (Å²) >= 11 is 0. The average molecular weight is 167 g/mol. The Morgan fingerprint density at radius 1 is 1.58 bits per heavy atom. The first kappa shape index (κ1) is 7.80. The first-order chi connectivity index (χ1) is 5.58. The van der Waals surface area contributed by atoms with Gasteiger partial charge >= 0.3 is 0 Å². The van der Waals surface area contributed by atoms with E-state index < -0.39 is 5.60 Å². The van der Waals surface area contributed by atoms with Crippen LogP contribution >= 0.6 is 0 Å². The summed E-state index contributed by atoms with van der Waals surface area (Å²) in [6.45, 7) is 2.47. The molecule has 2 heterocycles. The molecule has 12 heavy (non-hydrogen) atoms. The fourth-order valence-corrected chi connectivity index (χ4v) is 1.85. The van der Waals surface area contributed by atoms with Crippen molar-refractivity contribution in [2.45, 2.75) is 31.8 Å². The first-order valence-corrected chi connectivity index (χ1v) is 4.33. The molecule has 0 bridgehead atoms. The van der Waals surface area contributed by atoms with Crippen molar-refractivity contribution >= 4 is 5.91 Å². The van der Waals surface area contributed by atoms with Gasteiger partial charge < -0.3 is 10.0 Å². The van der Waals surface area contributed by atoms with Crippen molar-refractivity contribution in [1.29, 1.82) is 0 Å². The summed E-state index contributed by atoms with van der Waals surface area (Å²) in [6.07, 6.45) is 3.89. The number of nitrogens with zero attached hydrogens (tertiary/aromatic N) is 1. The van der Waals surface area contributed by atoms with Gasteiger partial charge in [0.05, 0.1) is 5.60 Å². The molecule has 2 aliphatic heterocycles. The van der Waals surface area contributed by atoms with E-state index in [2.05, 4.69) is 0 Å². The second-order valence-electron chi connectivity index (χ2n) is 3.79. The zero-order valence-corrected chi connectivity index (χ0v) is 7.21. The van der Waals surface area contributed by atoms with E-state index in [4.69, 9.17) is 0 Å². The average Bonchev–Trinajstić information content (AvgIpc) is 2.30. The molecule has 3 nitrogen and oxygen atoms in total. The molecule has 1 saturated heterocycles. The Bertz CT molecular complexity index is 255. The fourth-order valence-electron chi connectivity index (χ4n) is 1.85. The number of fused-ring (bicyclic) bond motifs is 1. The van der Waals surface area contributed by atoms with Crippen molar-refractivity contribution < 1.29 is 9.90 Å². The molecule has 2 aliphatic rings. The zero-order chi connectivity index (χ0) is 8.77. The lowest BCUT2D eigenvalue weighted by atomic mass is 9.97. The topological polar surface area (TPSA) is 40.5 Å². The first-order valence-electron chi connectivity index (χ1n) is 4.33. The highest BCUT2D eigenvalue weighted by Crippen LogP contribution is 2.31. The van der Waals surface area contributed by atoms with Crippen LogP contribution in [0, 0.1) is 0 Å². The largest absolute Gasteiger partial charge is 0.386 e. The van der Waals surface area contributed by atoms with Crippen molar-refractivity contribution in [2.75, 3.05) is 6.54 Å². The van der Waals surface area contributed by atoms with Crippen LogP contribution in [0.1, 0.15) is 26.2 Å². The summed E-state index contributed by atoms with van der Waals surface area (Å²) in [5.74, 6) is 0.205. The number of amides is 1. The van der Waals surface area contributed by atoms with Crippen molar-refractivity contribution in [3.05, 3.63) is 11.8 Å². The van der Waals surface area contributed by atoms with E-state index in [-0.39, 0.29) is 5.91 Å². The number of hydrogen-bond donors (Lipinski definition) is 1. The SMILES string of the molecule is CC1(O)C=C2CCC(=O)N2CC1. The van der Waals surface area contributed by atoms with Gasteiger partial charge in [-0.2, -0.15) is 0 Å². The monoisotopic (exact) mass is 167 g/mol. The molecular weight excluding hydrogens is 154 g/mol. The number of aliphatic hydroxyl groups is 1. The molecule has 2 rings (SSSR count). The molecule has 3 heteroatoms. The summed E-state index contributed by atoms with van der Waals surface area (Å²) in [5, 5.41) is 9.69. The predicted molar refractivity (Wildman–Crippen MR) is 44.3 cm³/mol. The molecule has 0 aliphatic carbocycles. The Kier molecular flexibility index (Phi) is 1.51. The molecule has 0 aromatic rings. The molecule has 1 atom stereocenters. The molecule has 1 fully saturated rings. The molecule has 0 aromatic heterocycles. The van der Waals surface area contributed by atoms with Gasteiger partial charge in [-0.05, 0) is 25.8 Å². The quantitative estimate of drug-likeness (QED) is 0.575. The Labute approximate surface area is 71.7 Å². The predicted octanol–water partition coefficient (Wildman–Crippen LogP) is 0.647. The van der Waals surface area contributed by atoms with Crippen LogP contribution in [0.5, 0.6) is 0 Å². The van der Waals surface area contributed by atoms with E-state index in [1.165, 1.54) is 0 Å². The second-order valence-corrected chi connectivity index (χ2v) is 3.79. The van der Waals surface area contributed by atoms with Crippen molar-refractivity contribution in [2.24, 2.45) is 0 Å². The van der Waals surface area contributed by atoms with Crippen molar-refractivity contribution in [3.8, 4) is 0 Å². The smallest absolute Gasteiger partial charge is 0.227 e. The van der Waals surface area contributed by atoms with Gasteiger partial charge in [-0.3, -0.25) is 4.79 Å². The van der Waals surface area contributed by atoms with Crippen LogP contribution in [-0.4, -0.2) is 28.1 Å². The molecule has 0 aromatic carbocycles. The van der Waals surface area contributed by atoms with E-state index in [0.717, 1.165) is 12.1 Å². The third-order valence-corrected chi connectivity index (χ3v) is 2.56. The Balaban J connectivity index is 2.29. The van der Waals surface area contributed by atoms with Crippen molar-refractivity contribution in [3.63, 3.8) is 0 Å². The van der Waals surface area contributed by atoms with Crippen LogP contribution in [0.3, 0.4) is 0 Å². The highest BCUT2D eigenvalue weighted by molar-refractivity contribution is 5.81. The van der Waals surface area contributed by atoms with E-state index in [1.807, 2.05) is 6.08 Å². The minimum absolute atomic E-state index is 0.205. The van der Waals surface area contributed by atoms with E-state index in [1.54, 1.807) is 11.8 Å². The van der Waals surface area contributed by atoms with Crippen LogP contribution in [0.4, 0.5) is 0 Å². The maximum Gasteiger partial charge on any atom is 0.227 e. The van der Waals surface area contributed by atoms with E-state index in [0.29, 0.717) is 19.4 Å². The highest BCUT2D eigenvalue weighted by atomic mass is 16.3. The Morgan fingerprint density at radius 3 is 3.08 bits per heavy atom. The van der Waals surface area contributed by atoms with Crippen LogP contribution in [0.15, 0.2) is 11.8 Å². The molecule has 0 radical (unpaired) electrons. The Morgan fingerprint density at radius 2 is 2.33 bits per heavy atom. The molecule has 0 spiro atoms. The summed E-state index contributed by atoms with van der Waals surface area (Å²) in [7, 11) is 0. The maximum atomic E-state index is 11.2. The van der Waals surface area contributed by atoms with Crippen molar-refractivity contribution in [1.82, 2.24) is 4.90 Å². The number of hydrogen-bond acceptors (Lipinski definition) is 2. The van der Waals surface area contributed by atoms with Crippen LogP contribution in [0.25, 0.3) is 0 Å². The molecule has 0 saturated carbocycles. The lowest BCUT2D eigenvalue weighted by molar-refractivity contribution is -0.127. The highest BCUT2D eigenvalue weighted by Gasteiger charge is 2.33. The van der Waals surface area contributed by atoms with Gasteiger partial charge in [0, 0.05) is 18.7 Å². The van der Waals surface area contributed by atoms with Crippen LogP contribution in [-0.2, 0) is 4.79 Å². The summed E-state index contributed by atoms with van der Waals surface area (Å²) in [6, 6.07) is 0. The minimum Gasteiger partial charge on any atom is -0.386 e. The number of allylic oxidation sites excluding steroid dienone is 1. The summed E-state index contributed by atoms with van der Waals surface area (Å²) < 4.78 is 0. The van der Waals surface area contributed by atoms with Gasteiger partial charge in [0.25, 0.3) is 0 Å². The second kappa shape index (κ2) is 2.33. The summed E-state index contributed by atoms with van der Waals surface area (Å²) in [5.41, 5.74) is 0.312. The zero-order valence-electron chi connectivity index (χ0n) is 7.21. The molecule has 66 valence electrons. The maximum absolute atomic E-state index is 11.2. The minimum atomic E-state index is -0.698. The van der Waals surface area contributed by atoms with Crippen LogP contribution < -0.4 is 0 Å². The van der Waals surface area contributed by atoms with Crippen LogP contribution in [0.2, 0.25) is 0 Å². The normalized spacial score (nSPS) is 35.0. The third-order valence-electron chi connectivity index (χ3n) is 2.56. The van der Waals surface area contributed by atoms with E-state index >= 15 is 0 Å². The van der Waals surface area contributed by atoms with Gasteiger partial charge in [-0.25, -0.2) is 0 Å². The van der Waals surface area contributed by atoms with Gasteiger partial charge in [0.1, 0.15) is 0 Å². The summed E-state index contributed by atoms with van der Waals surface area (Å²) in [4.78, 5) is 13.0. The van der Waals surface area contributed by atoms with E-state index in [9.17, 15) is 9.90 Å². The van der Waals surface area contributed by atoms with Gasteiger partial charge in [-0.1, -0.05) is 0 Å². The van der Waals surface area contributed by atoms with Gasteiger partial charge in [0.15, 0.2) is 0 Å². The number of carbonyl (C=O) groups is 1.